The molecule has 0 saturated carbocycles. The molecule has 7 heteroatoms. The predicted octanol–water partition coefficient (Wildman–Crippen LogP) is 2.67. The van der Waals surface area contributed by atoms with E-state index in [2.05, 4.69) is 10.6 Å². The zero-order valence-electron chi connectivity index (χ0n) is 19.1. The number of amides is 2. The smallest absolute Gasteiger partial charge is 0.305 e. The van der Waals surface area contributed by atoms with Crippen molar-refractivity contribution in [2.24, 2.45) is 5.92 Å². The topological polar surface area (TPSA) is 105 Å². The Morgan fingerprint density at radius 2 is 1.97 bits per heavy atom. The summed E-state index contributed by atoms with van der Waals surface area (Å²) in [6, 6.07) is 9.21. The monoisotopic (exact) mass is 444 g/mol. The van der Waals surface area contributed by atoms with Crippen LogP contribution in [0.3, 0.4) is 0 Å². The molecule has 1 aromatic carbocycles. The van der Waals surface area contributed by atoms with Crippen LogP contribution in [0.25, 0.3) is 0 Å². The average Bonchev–Trinajstić information content (AvgIpc) is 2.75. The Labute approximate surface area is 190 Å². The van der Waals surface area contributed by atoms with Gasteiger partial charge in [0.1, 0.15) is 6.61 Å². The first kappa shape index (κ1) is 25.6. The minimum Gasteiger partial charge on any atom is -0.463 e. The van der Waals surface area contributed by atoms with E-state index in [0.29, 0.717) is 19.3 Å². The number of ether oxygens (including phenoxy) is 1. The van der Waals surface area contributed by atoms with Crippen molar-refractivity contribution < 1.29 is 24.2 Å². The molecule has 1 heterocycles. The largest absolute Gasteiger partial charge is 0.463 e. The first-order valence-corrected chi connectivity index (χ1v) is 11.4. The molecule has 0 bridgehead atoms. The normalized spacial score (nSPS) is 21.0. The molecule has 176 valence electrons. The summed E-state index contributed by atoms with van der Waals surface area (Å²) in [6.07, 6.45) is 7.69. The summed E-state index contributed by atoms with van der Waals surface area (Å²) in [5.74, 6) is -1.36. The molecular formula is C25H36N2O5. The summed E-state index contributed by atoms with van der Waals surface area (Å²) in [6.45, 7) is 3.48. The van der Waals surface area contributed by atoms with E-state index in [1.54, 1.807) is 13.8 Å². The highest BCUT2D eigenvalue weighted by Gasteiger charge is 2.28. The predicted molar refractivity (Wildman–Crippen MR) is 123 cm³/mol. The van der Waals surface area contributed by atoms with Crippen LogP contribution in [0.15, 0.2) is 42.5 Å². The summed E-state index contributed by atoms with van der Waals surface area (Å²) in [7, 11) is 0. The standard InChI is InChI=1S/C25H36N2O5/c1-25(2)18-32-23(30)14-10-5-3-4-9-13-20(24(31)27-25)16-22(29)26-21(17-28)15-19-11-7-6-8-12-19/h4,6-9,11-12,20-21,28H,3,5,10,13-18H2,1-2H3,(H,26,29)(H,27,31)/t20-,21+/m1/s1. The van der Waals surface area contributed by atoms with E-state index in [-0.39, 0.29) is 37.4 Å². The fourth-order valence-electron chi connectivity index (χ4n) is 3.57. The molecule has 1 aromatic rings. The number of allylic oxidation sites excluding steroid dienone is 2. The second-order valence-corrected chi connectivity index (χ2v) is 9.02. The lowest BCUT2D eigenvalue weighted by Crippen LogP contribution is -2.50. The third-order valence-corrected chi connectivity index (χ3v) is 5.36. The Morgan fingerprint density at radius 1 is 1.22 bits per heavy atom. The molecule has 1 aliphatic rings. The number of hydrogen-bond donors (Lipinski definition) is 3. The molecule has 0 fully saturated rings. The van der Waals surface area contributed by atoms with Crippen LogP contribution in [0.1, 0.15) is 57.9 Å². The summed E-state index contributed by atoms with van der Waals surface area (Å²) < 4.78 is 5.31. The van der Waals surface area contributed by atoms with Gasteiger partial charge in [-0.05, 0) is 51.5 Å². The van der Waals surface area contributed by atoms with Gasteiger partial charge >= 0.3 is 5.97 Å². The van der Waals surface area contributed by atoms with Gasteiger partial charge in [0.2, 0.25) is 11.8 Å². The maximum Gasteiger partial charge on any atom is 0.305 e. The molecule has 0 aromatic heterocycles. The van der Waals surface area contributed by atoms with Gasteiger partial charge in [-0.25, -0.2) is 0 Å². The molecule has 0 radical (unpaired) electrons. The minimum atomic E-state index is -0.740. The van der Waals surface area contributed by atoms with Gasteiger partial charge in [0, 0.05) is 12.8 Å². The van der Waals surface area contributed by atoms with Crippen LogP contribution in [-0.4, -0.2) is 47.7 Å². The van der Waals surface area contributed by atoms with Crippen LogP contribution in [0, 0.1) is 5.92 Å². The molecule has 0 saturated heterocycles. The van der Waals surface area contributed by atoms with Crippen molar-refractivity contribution in [3.8, 4) is 0 Å². The first-order valence-electron chi connectivity index (χ1n) is 11.4. The molecule has 1 aliphatic heterocycles. The lowest BCUT2D eigenvalue weighted by molar-refractivity contribution is -0.147. The van der Waals surface area contributed by atoms with E-state index in [4.69, 9.17) is 4.74 Å². The zero-order chi connectivity index (χ0) is 23.4. The van der Waals surface area contributed by atoms with Gasteiger partial charge in [-0.3, -0.25) is 14.4 Å². The van der Waals surface area contributed by atoms with E-state index >= 15 is 0 Å². The van der Waals surface area contributed by atoms with Gasteiger partial charge in [-0.15, -0.1) is 0 Å². The summed E-state index contributed by atoms with van der Waals surface area (Å²) in [4.78, 5) is 37.5. The van der Waals surface area contributed by atoms with Gasteiger partial charge in [-0.2, -0.15) is 0 Å². The number of cyclic esters (lactones) is 1. The van der Waals surface area contributed by atoms with Crippen molar-refractivity contribution in [2.45, 2.75) is 70.4 Å². The van der Waals surface area contributed by atoms with Crippen molar-refractivity contribution in [3.05, 3.63) is 48.0 Å². The van der Waals surface area contributed by atoms with Crippen molar-refractivity contribution >= 4 is 17.8 Å². The number of nitrogens with one attached hydrogen (secondary N) is 2. The molecule has 2 rings (SSSR count). The van der Waals surface area contributed by atoms with Crippen LogP contribution in [0.4, 0.5) is 0 Å². The third-order valence-electron chi connectivity index (χ3n) is 5.36. The summed E-state index contributed by atoms with van der Waals surface area (Å²) >= 11 is 0. The Hall–Kier alpha value is -2.67. The van der Waals surface area contributed by atoms with Crippen molar-refractivity contribution in [2.75, 3.05) is 13.2 Å². The molecule has 2 atom stereocenters. The molecular weight excluding hydrogens is 408 g/mol. The summed E-state index contributed by atoms with van der Waals surface area (Å²) in [5, 5.41) is 15.5. The molecule has 0 aliphatic carbocycles. The average molecular weight is 445 g/mol. The number of carbonyl (C=O) groups is 3. The number of esters is 1. The van der Waals surface area contributed by atoms with Crippen molar-refractivity contribution in [1.82, 2.24) is 10.6 Å². The summed E-state index contributed by atoms with van der Waals surface area (Å²) in [5.41, 5.74) is 0.276. The Balaban J connectivity index is 2.02. The maximum atomic E-state index is 12.9. The van der Waals surface area contributed by atoms with Crippen LogP contribution in [-0.2, 0) is 25.5 Å². The van der Waals surface area contributed by atoms with E-state index < -0.39 is 17.5 Å². The maximum absolute atomic E-state index is 12.9. The molecule has 0 spiro atoms. The Kier molecular flexibility index (Phi) is 10.4. The minimum absolute atomic E-state index is 0.0112. The highest BCUT2D eigenvalue weighted by Crippen LogP contribution is 2.16. The van der Waals surface area contributed by atoms with E-state index in [0.717, 1.165) is 24.8 Å². The Morgan fingerprint density at radius 3 is 2.69 bits per heavy atom. The van der Waals surface area contributed by atoms with Crippen LogP contribution in [0.5, 0.6) is 0 Å². The van der Waals surface area contributed by atoms with E-state index in [9.17, 15) is 19.5 Å². The fraction of sp³-hybridized carbons (Fsp3) is 0.560. The van der Waals surface area contributed by atoms with Gasteiger partial charge < -0.3 is 20.5 Å². The highest BCUT2D eigenvalue weighted by molar-refractivity contribution is 5.86. The van der Waals surface area contributed by atoms with Crippen LogP contribution in [0.2, 0.25) is 0 Å². The Bertz CT molecular complexity index is 776. The number of benzene rings is 1. The SMILES string of the molecule is CC1(C)COC(=O)CCCCC=CC[C@H](CC(=O)N[C@H](CO)Cc2ccccc2)C(=O)N1. The second-order valence-electron chi connectivity index (χ2n) is 9.02. The van der Waals surface area contributed by atoms with Crippen molar-refractivity contribution in [3.63, 3.8) is 0 Å². The fourth-order valence-corrected chi connectivity index (χ4v) is 3.57. The number of carbonyl (C=O) groups excluding carboxylic acids is 3. The number of hydrogen-bond acceptors (Lipinski definition) is 5. The number of rotatable bonds is 6. The van der Waals surface area contributed by atoms with E-state index in [1.165, 1.54) is 0 Å². The van der Waals surface area contributed by atoms with E-state index in [1.807, 2.05) is 42.5 Å². The first-order chi connectivity index (χ1) is 15.3. The van der Waals surface area contributed by atoms with Crippen molar-refractivity contribution in [1.29, 1.82) is 0 Å². The molecule has 7 nitrogen and oxygen atoms in total. The van der Waals surface area contributed by atoms with Gasteiger partial charge in [0.15, 0.2) is 0 Å². The molecule has 3 N–H and O–H groups in total. The van der Waals surface area contributed by atoms with Gasteiger partial charge in [0.25, 0.3) is 0 Å². The second kappa shape index (κ2) is 13.0. The van der Waals surface area contributed by atoms with Crippen LogP contribution < -0.4 is 10.6 Å². The lowest BCUT2D eigenvalue weighted by atomic mass is 9.96. The number of aliphatic hydroxyl groups excluding tert-OH is 1. The van der Waals surface area contributed by atoms with Gasteiger partial charge in [-0.1, -0.05) is 42.5 Å². The molecule has 0 unspecified atom stereocenters. The van der Waals surface area contributed by atoms with Gasteiger partial charge in [0.05, 0.1) is 24.1 Å². The molecule has 2 amide bonds. The van der Waals surface area contributed by atoms with Crippen LogP contribution >= 0.6 is 0 Å². The highest BCUT2D eigenvalue weighted by atomic mass is 16.5. The number of aliphatic hydroxyl groups is 1. The molecule has 32 heavy (non-hydrogen) atoms. The quantitative estimate of drug-likeness (QED) is 0.462. The third kappa shape index (κ3) is 9.64. The lowest BCUT2D eigenvalue weighted by Gasteiger charge is -2.28. The zero-order valence-corrected chi connectivity index (χ0v) is 19.1.